The topological polar surface area (TPSA) is 54.9 Å². The van der Waals surface area contributed by atoms with Crippen molar-refractivity contribution < 1.29 is 4.79 Å². The number of hydrogen-bond donors (Lipinski definition) is 1. The molecule has 0 fully saturated rings. The van der Waals surface area contributed by atoms with Crippen LogP contribution in [-0.4, -0.2) is 22.4 Å². The highest BCUT2D eigenvalue weighted by atomic mass is 35.5. The van der Waals surface area contributed by atoms with Crippen molar-refractivity contribution >= 4 is 17.5 Å². The smallest absolute Gasteiger partial charge is 0.271 e. The summed E-state index contributed by atoms with van der Waals surface area (Å²) in [5, 5.41) is 3.26. The van der Waals surface area contributed by atoms with Gasteiger partial charge in [0.2, 0.25) is 0 Å². The van der Waals surface area contributed by atoms with E-state index in [-0.39, 0.29) is 17.5 Å². The lowest BCUT2D eigenvalue weighted by atomic mass is 9.99. The second-order valence-corrected chi connectivity index (χ2v) is 6.11. The van der Waals surface area contributed by atoms with Crippen molar-refractivity contribution in [2.75, 3.05) is 6.54 Å². The molecule has 1 rings (SSSR count). The largest absolute Gasteiger partial charge is 0.350 e. The molecule has 0 saturated heterocycles. The zero-order valence-electron chi connectivity index (χ0n) is 13.4. The maximum absolute atomic E-state index is 12.2. The lowest BCUT2D eigenvalue weighted by Crippen LogP contribution is -2.30. The number of unbranched alkanes of at least 4 members (excludes halogenated alkanes) is 1. The Morgan fingerprint density at radius 3 is 2.67 bits per heavy atom. The quantitative estimate of drug-likeness (QED) is 0.782. The third kappa shape index (κ3) is 5.62. The van der Waals surface area contributed by atoms with Gasteiger partial charge in [-0.1, -0.05) is 58.6 Å². The van der Waals surface area contributed by atoms with Crippen LogP contribution in [0.2, 0.25) is 5.02 Å². The summed E-state index contributed by atoms with van der Waals surface area (Å²) in [7, 11) is 0. The van der Waals surface area contributed by atoms with Crippen LogP contribution in [-0.2, 0) is 0 Å². The predicted molar refractivity (Wildman–Crippen MR) is 86.8 cm³/mol. The molecule has 21 heavy (non-hydrogen) atoms. The highest BCUT2D eigenvalue weighted by Crippen LogP contribution is 2.17. The molecule has 1 heterocycles. The number of rotatable bonds is 8. The summed E-state index contributed by atoms with van der Waals surface area (Å²) in [5.74, 6) is 1.11. The zero-order chi connectivity index (χ0) is 15.8. The first-order chi connectivity index (χ1) is 9.99. The first-order valence-corrected chi connectivity index (χ1v) is 8.17. The minimum atomic E-state index is -0.209. The second-order valence-electron chi connectivity index (χ2n) is 5.71. The number of carbonyl (C=O) groups excluding carboxylic acids is 1. The summed E-state index contributed by atoms with van der Waals surface area (Å²) >= 11 is 6.04. The number of nitrogens with one attached hydrogen (secondary N) is 1. The van der Waals surface area contributed by atoms with Crippen LogP contribution in [0.5, 0.6) is 0 Å². The molecule has 1 N–H and O–H groups in total. The standard InChI is InChI=1S/C16H26ClN3O/c1-5-7-8-12(6-2)9-19-16(21)14-13(17)10-18-15(20-14)11(3)4/h10-12H,5-9H2,1-4H3,(H,19,21). The van der Waals surface area contributed by atoms with E-state index in [1.165, 1.54) is 19.0 Å². The van der Waals surface area contributed by atoms with E-state index in [1.807, 2.05) is 13.8 Å². The van der Waals surface area contributed by atoms with E-state index in [0.29, 0.717) is 23.3 Å². The Labute approximate surface area is 132 Å². The molecule has 0 aromatic carbocycles. The van der Waals surface area contributed by atoms with Crippen LogP contribution in [0.1, 0.15) is 75.6 Å². The van der Waals surface area contributed by atoms with Crippen LogP contribution in [0.25, 0.3) is 0 Å². The van der Waals surface area contributed by atoms with Gasteiger partial charge in [0.05, 0.1) is 11.2 Å². The van der Waals surface area contributed by atoms with Gasteiger partial charge in [-0.15, -0.1) is 0 Å². The summed E-state index contributed by atoms with van der Waals surface area (Å²) in [6.45, 7) is 8.98. The first kappa shape index (κ1) is 17.9. The normalized spacial score (nSPS) is 12.5. The van der Waals surface area contributed by atoms with Crippen LogP contribution in [0, 0.1) is 5.92 Å². The molecule has 0 aliphatic heterocycles. The molecule has 0 radical (unpaired) electrons. The van der Waals surface area contributed by atoms with Gasteiger partial charge >= 0.3 is 0 Å². The van der Waals surface area contributed by atoms with Gasteiger partial charge in [-0.2, -0.15) is 0 Å². The van der Waals surface area contributed by atoms with Gasteiger partial charge in [-0.25, -0.2) is 9.97 Å². The highest BCUT2D eigenvalue weighted by Gasteiger charge is 2.16. The lowest BCUT2D eigenvalue weighted by Gasteiger charge is -2.15. The van der Waals surface area contributed by atoms with Crippen LogP contribution in [0.4, 0.5) is 0 Å². The molecule has 1 atom stereocenters. The lowest BCUT2D eigenvalue weighted by molar-refractivity contribution is 0.0940. The van der Waals surface area contributed by atoms with Gasteiger partial charge < -0.3 is 5.32 Å². The number of hydrogen-bond acceptors (Lipinski definition) is 3. The van der Waals surface area contributed by atoms with Gasteiger partial charge in [0.1, 0.15) is 11.5 Å². The Kier molecular flexibility index (Phi) is 7.65. The van der Waals surface area contributed by atoms with Gasteiger partial charge in [0.25, 0.3) is 5.91 Å². The van der Waals surface area contributed by atoms with Crippen molar-refractivity contribution in [1.29, 1.82) is 0 Å². The summed E-state index contributed by atoms with van der Waals surface area (Å²) in [6, 6.07) is 0. The minimum absolute atomic E-state index is 0.168. The second kappa shape index (κ2) is 8.98. The zero-order valence-corrected chi connectivity index (χ0v) is 14.2. The fraction of sp³-hybridized carbons (Fsp3) is 0.688. The van der Waals surface area contributed by atoms with E-state index in [9.17, 15) is 4.79 Å². The van der Waals surface area contributed by atoms with E-state index in [4.69, 9.17) is 11.6 Å². The molecule has 1 aromatic heterocycles. The number of halogens is 1. The maximum atomic E-state index is 12.2. The number of amides is 1. The predicted octanol–water partition coefficient (Wildman–Crippen LogP) is 4.20. The molecule has 4 nitrogen and oxygen atoms in total. The summed E-state index contributed by atoms with van der Waals surface area (Å²) in [4.78, 5) is 20.7. The Morgan fingerprint density at radius 2 is 2.10 bits per heavy atom. The van der Waals surface area contributed by atoms with E-state index < -0.39 is 0 Å². The molecule has 0 spiro atoms. The summed E-state index contributed by atoms with van der Waals surface area (Å²) < 4.78 is 0. The van der Waals surface area contributed by atoms with Gasteiger partial charge in [0, 0.05) is 12.5 Å². The van der Waals surface area contributed by atoms with Crippen molar-refractivity contribution in [3.63, 3.8) is 0 Å². The third-order valence-corrected chi connectivity index (χ3v) is 3.87. The molecule has 5 heteroatoms. The molecular weight excluding hydrogens is 286 g/mol. The monoisotopic (exact) mass is 311 g/mol. The summed E-state index contributed by atoms with van der Waals surface area (Å²) in [5.41, 5.74) is 0.278. The average molecular weight is 312 g/mol. The van der Waals surface area contributed by atoms with Crippen LogP contribution in [0.15, 0.2) is 6.20 Å². The van der Waals surface area contributed by atoms with E-state index in [2.05, 4.69) is 29.1 Å². The Morgan fingerprint density at radius 1 is 1.38 bits per heavy atom. The number of nitrogens with zero attached hydrogens (tertiary/aromatic N) is 2. The Bertz CT molecular complexity index is 463. The molecule has 0 aliphatic rings. The molecule has 1 amide bonds. The van der Waals surface area contributed by atoms with Crippen molar-refractivity contribution in [2.45, 2.75) is 59.3 Å². The maximum Gasteiger partial charge on any atom is 0.271 e. The third-order valence-electron chi connectivity index (χ3n) is 3.59. The van der Waals surface area contributed by atoms with Gasteiger partial charge in [-0.3, -0.25) is 4.79 Å². The first-order valence-electron chi connectivity index (χ1n) is 7.80. The minimum Gasteiger partial charge on any atom is -0.350 e. The Hall–Kier alpha value is -1.16. The average Bonchev–Trinajstić information content (AvgIpc) is 2.47. The van der Waals surface area contributed by atoms with E-state index in [1.54, 1.807) is 0 Å². The van der Waals surface area contributed by atoms with E-state index >= 15 is 0 Å². The fourth-order valence-electron chi connectivity index (χ4n) is 2.08. The molecule has 1 unspecified atom stereocenters. The van der Waals surface area contributed by atoms with Crippen molar-refractivity contribution in [3.8, 4) is 0 Å². The highest BCUT2D eigenvalue weighted by molar-refractivity contribution is 6.33. The molecule has 0 bridgehead atoms. The van der Waals surface area contributed by atoms with Gasteiger partial charge in [-0.05, 0) is 12.3 Å². The molecule has 118 valence electrons. The van der Waals surface area contributed by atoms with Gasteiger partial charge in [0.15, 0.2) is 0 Å². The van der Waals surface area contributed by atoms with Crippen LogP contribution in [0.3, 0.4) is 0 Å². The van der Waals surface area contributed by atoms with E-state index in [0.717, 1.165) is 12.8 Å². The molecule has 0 saturated carbocycles. The van der Waals surface area contributed by atoms with Crippen LogP contribution < -0.4 is 5.32 Å². The Balaban J connectivity index is 2.68. The van der Waals surface area contributed by atoms with Crippen molar-refractivity contribution in [1.82, 2.24) is 15.3 Å². The summed E-state index contributed by atoms with van der Waals surface area (Å²) in [6.07, 6.45) is 6.09. The number of aromatic nitrogens is 2. The molecule has 0 aliphatic carbocycles. The molecule has 1 aromatic rings. The number of carbonyl (C=O) groups is 1. The van der Waals surface area contributed by atoms with Crippen LogP contribution >= 0.6 is 11.6 Å². The van der Waals surface area contributed by atoms with Crippen molar-refractivity contribution in [2.24, 2.45) is 5.92 Å². The van der Waals surface area contributed by atoms with Crippen molar-refractivity contribution in [3.05, 3.63) is 22.7 Å². The molecular formula is C16H26ClN3O. The SMILES string of the molecule is CCCCC(CC)CNC(=O)c1nc(C(C)C)ncc1Cl. The fourth-order valence-corrected chi connectivity index (χ4v) is 2.26.